The average molecular weight is 239 g/mol. The van der Waals surface area contributed by atoms with Crippen LogP contribution < -0.4 is 10.9 Å². The van der Waals surface area contributed by atoms with E-state index in [0.717, 1.165) is 19.0 Å². The fraction of sp³-hybridized carbons (Fsp3) is 0.545. The van der Waals surface area contributed by atoms with Crippen LogP contribution in [0, 0.1) is 5.92 Å². The molecule has 1 rings (SSSR count). The Morgan fingerprint density at radius 2 is 2.41 bits per heavy atom. The SMILES string of the molecule is CC(CO)CCCNC(=O)c1c[nH]c(=O)cn1. The first-order valence-corrected chi connectivity index (χ1v) is 5.57. The third-order valence-electron chi connectivity index (χ3n) is 2.38. The van der Waals surface area contributed by atoms with Crippen molar-refractivity contribution in [3.8, 4) is 0 Å². The lowest BCUT2D eigenvalue weighted by Gasteiger charge is -2.07. The topological polar surface area (TPSA) is 95.1 Å². The predicted molar refractivity (Wildman–Crippen MR) is 62.7 cm³/mol. The summed E-state index contributed by atoms with van der Waals surface area (Å²) in [6, 6.07) is 0. The maximum Gasteiger partial charge on any atom is 0.271 e. The zero-order valence-electron chi connectivity index (χ0n) is 9.77. The number of rotatable bonds is 6. The van der Waals surface area contributed by atoms with E-state index in [1.807, 2.05) is 6.92 Å². The van der Waals surface area contributed by atoms with Crippen molar-refractivity contribution in [3.63, 3.8) is 0 Å². The molecule has 0 saturated heterocycles. The Bertz CT molecular complexity index is 396. The van der Waals surface area contributed by atoms with E-state index in [2.05, 4.69) is 15.3 Å². The van der Waals surface area contributed by atoms with E-state index < -0.39 is 0 Å². The summed E-state index contributed by atoms with van der Waals surface area (Å²) in [6.07, 6.45) is 4.02. The van der Waals surface area contributed by atoms with Crippen LogP contribution in [0.2, 0.25) is 0 Å². The van der Waals surface area contributed by atoms with Gasteiger partial charge >= 0.3 is 0 Å². The molecule has 94 valence electrons. The molecule has 1 atom stereocenters. The van der Waals surface area contributed by atoms with E-state index in [1.165, 1.54) is 6.20 Å². The molecule has 3 N–H and O–H groups in total. The third kappa shape index (κ3) is 4.78. The molecular formula is C11H17N3O3. The Morgan fingerprint density at radius 3 is 3.00 bits per heavy atom. The van der Waals surface area contributed by atoms with Gasteiger partial charge in [-0.05, 0) is 18.8 Å². The summed E-state index contributed by atoms with van der Waals surface area (Å²) < 4.78 is 0. The minimum Gasteiger partial charge on any atom is -0.396 e. The molecule has 1 aromatic heterocycles. The Balaban J connectivity index is 2.30. The van der Waals surface area contributed by atoms with E-state index in [4.69, 9.17) is 5.11 Å². The summed E-state index contributed by atoms with van der Waals surface area (Å²) in [5.74, 6) is -0.0593. The fourth-order valence-corrected chi connectivity index (χ4v) is 1.30. The van der Waals surface area contributed by atoms with Crippen LogP contribution in [-0.2, 0) is 0 Å². The third-order valence-corrected chi connectivity index (χ3v) is 2.38. The van der Waals surface area contributed by atoms with Gasteiger partial charge in [-0.25, -0.2) is 4.98 Å². The molecule has 0 aliphatic heterocycles. The number of aromatic amines is 1. The smallest absolute Gasteiger partial charge is 0.271 e. The number of amides is 1. The van der Waals surface area contributed by atoms with Crippen molar-refractivity contribution in [1.82, 2.24) is 15.3 Å². The molecule has 0 radical (unpaired) electrons. The van der Waals surface area contributed by atoms with Gasteiger partial charge in [0.2, 0.25) is 0 Å². The van der Waals surface area contributed by atoms with Gasteiger partial charge in [-0.15, -0.1) is 0 Å². The molecule has 0 fully saturated rings. The lowest BCUT2D eigenvalue weighted by Crippen LogP contribution is -2.26. The number of nitrogens with zero attached hydrogens (tertiary/aromatic N) is 1. The number of carbonyl (C=O) groups excluding carboxylic acids is 1. The van der Waals surface area contributed by atoms with E-state index in [0.29, 0.717) is 6.54 Å². The number of aliphatic hydroxyl groups excluding tert-OH is 1. The molecule has 6 nitrogen and oxygen atoms in total. The normalized spacial score (nSPS) is 12.1. The largest absolute Gasteiger partial charge is 0.396 e. The minimum absolute atomic E-state index is 0.162. The van der Waals surface area contributed by atoms with Crippen LogP contribution in [-0.4, -0.2) is 34.1 Å². The molecular weight excluding hydrogens is 222 g/mol. The van der Waals surface area contributed by atoms with Crippen LogP contribution in [0.25, 0.3) is 0 Å². The van der Waals surface area contributed by atoms with E-state index in [-0.39, 0.29) is 29.7 Å². The van der Waals surface area contributed by atoms with Crippen molar-refractivity contribution in [2.45, 2.75) is 19.8 Å². The van der Waals surface area contributed by atoms with E-state index >= 15 is 0 Å². The molecule has 0 aliphatic carbocycles. The second kappa shape index (κ2) is 6.80. The van der Waals surface area contributed by atoms with Crippen molar-refractivity contribution in [1.29, 1.82) is 0 Å². The van der Waals surface area contributed by atoms with E-state index in [9.17, 15) is 9.59 Å². The van der Waals surface area contributed by atoms with Crippen molar-refractivity contribution in [3.05, 3.63) is 28.4 Å². The van der Waals surface area contributed by atoms with Gasteiger partial charge in [-0.1, -0.05) is 6.92 Å². The van der Waals surface area contributed by atoms with E-state index in [1.54, 1.807) is 0 Å². The lowest BCUT2D eigenvalue weighted by atomic mass is 10.1. The lowest BCUT2D eigenvalue weighted by molar-refractivity contribution is 0.0946. The number of nitrogens with one attached hydrogen (secondary N) is 2. The molecule has 0 aliphatic rings. The van der Waals surface area contributed by atoms with Crippen molar-refractivity contribution < 1.29 is 9.90 Å². The maximum absolute atomic E-state index is 11.5. The van der Waals surface area contributed by atoms with Gasteiger partial charge < -0.3 is 15.4 Å². The highest BCUT2D eigenvalue weighted by Gasteiger charge is 2.06. The molecule has 17 heavy (non-hydrogen) atoms. The summed E-state index contributed by atoms with van der Waals surface area (Å²) in [7, 11) is 0. The molecule has 0 spiro atoms. The van der Waals surface area contributed by atoms with Crippen LogP contribution >= 0.6 is 0 Å². The highest BCUT2D eigenvalue weighted by atomic mass is 16.3. The highest BCUT2D eigenvalue weighted by Crippen LogP contribution is 2.02. The van der Waals surface area contributed by atoms with Gasteiger partial charge in [0, 0.05) is 19.3 Å². The zero-order valence-corrected chi connectivity index (χ0v) is 9.77. The summed E-state index contributed by atoms with van der Waals surface area (Å²) >= 11 is 0. The van der Waals surface area contributed by atoms with Crippen LogP contribution in [0.4, 0.5) is 0 Å². The summed E-state index contributed by atoms with van der Waals surface area (Å²) in [5.41, 5.74) is -0.141. The molecule has 0 bridgehead atoms. The first-order valence-electron chi connectivity index (χ1n) is 5.57. The first kappa shape index (κ1) is 13.4. The Kier molecular flexibility index (Phi) is 5.35. The van der Waals surface area contributed by atoms with Crippen LogP contribution in [0.15, 0.2) is 17.2 Å². The van der Waals surface area contributed by atoms with Crippen LogP contribution in [0.1, 0.15) is 30.3 Å². The van der Waals surface area contributed by atoms with Crippen LogP contribution in [0.5, 0.6) is 0 Å². The first-order chi connectivity index (χ1) is 8.13. The molecule has 1 unspecified atom stereocenters. The molecule has 1 heterocycles. The van der Waals surface area contributed by atoms with Gasteiger partial charge in [0.15, 0.2) is 0 Å². The van der Waals surface area contributed by atoms with Crippen molar-refractivity contribution in [2.75, 3.05) is 13.2 Å². The Labute approximate surface area is 99.1 Å². The second-order valence-corrected chi connectivity index (χ2v) is 3.98. The fourth-order valence-electron chi connectivity index (χ4n) is 1.30. The molecule has 1 aromatic rings. The minimum atomic E-state index is -0.335. The summed E-state index contributed by atoms with van der Waals surface area (Å²) in [6.45, 7) is 2.64. The van der Waals surface area contributed by atoms with Gasteiger partial charge in [-0.3, -0.25) is 9.59 Å². The van der Waals surface area contributed by atoms with Gasteiger partial charge in [0.05, 0.1) is 6.20 Å². The highest BCUT2D eigenvalue weighted by molar-refractivity contribution is 5.91. The standard InChI is InChI=1S/C11H17N3O3/c1-8(7-15)3-2-4-12-11(17)9-5-14-10(16)6-13-9/h5-6,8,15H,2-4,7H2,1H3,(H,12,17)(H,14,16). The Hall–Kier alpha value is -1.69. The predicted octanol–water partition coefficient (Wildman–Crippen LogP) is -0.0917. The number of hydrogen-bond acceptors (Lipinski definition) is 4. The van der Waals surface area contributed by atoms with Gasteiger partial charge in [0.25, 0.3) is 11.5 Å². The molecule has 0 saturated carbocycles. The summed E-state index contributed by atoms with van der Waals surface area (Å²) in [4.78, 5) is 28.4. The number of aliphatic hydroxyl groups is 1. The van der Waals surface area contributed by atoms with Gasteiger partial charge in [0.1, 0.15) is 5.69 Å². The monoisotopic (exact) mass is 239 g/mol. The average Bonchev–Trinajstić information content (AvgIpc) is 2.34. The maximum atomic E-state index is 11.5. The van der Waals surface area contributed by atoms with Crippen molar-refractivity contribution >= 4 is 5.91 Å². The second-order valence-electron chi connectivity index (χ2n) is 3.98. The zero-order chi connectivity index (χ0) is 12.7. The number of aromatic nitrogens is 2. The number of carbonyl (C=O) groups is 1. The summed E-state index contributed by atoms with van der Waals surface area (Å²) in [5, 5.41) is 11.5. The molecule has 0 aromatic carbocycles. The Morgan fingerprint density at radius 1 is 1.65 bits per heavy atom. The molecule has 6 heteroatoms. The molecule has 1 amide bonds. The van der Waals surface area contributed by atoms with Crippen LogP contribution in [0.3, 0.4) is 0 Å². The van der Waals surface area contributed by atoms with Crippen molar-refractivity contribution in [2.24, 2.45) is 5.92 Å². The number of hydrogen-bond donors (Lipinski definition) is 3. The number of H-pyrrole nitrogens is 1. The van der Waals surface area contributed by atoms with Gasteiger partial charge in [-0.2, -0.15) is 0 Å². The quantitative estimate of drug-likeness (QED) is 0.604.